The second-order valence-corrected chi connectivity index (χ2v) is 6.29. The maximum Gasteiger partial charge on any atom is 0.258 e. The summed E-state index contributed by atoms with van der Waals surface area (Å²) in [5.74, 6) is 0.989. The van der Waals surface area contributed by atoms with Crippen molar-refractivity contribution in [3.8, 4) is 28.4 Å². The zero-order valence-electron chi connectivity index (χ0n) is 15.9. The SMILES string of the molecule is COc1cccc(OC)c1C(=O)NCCc1ccc(-c2ccc(O)cc2)cc1. The van der Waals surface area contributed by atoms with Crippen LogP contribution in [0.15, 0.2) is 66.7 Å². The van der Waals surface area contributed by atoms with Crippen LogP contribution in [0.25, 0.3) is 11.1 Å². The first kappa shape index (κ1) is 19.3. The quantitative estimate of drug-likeness (QED) is 0.652. The van der Waals surface area contributed by atoms with Gasteiger partial charge in [0.05, 0.1) is 14.2 Å². The van der Waals surface area contributed by atoms with Gasteiger partial charge >= 0.3 is 0 Å². The van der Waals surface area contributed by atoms with E-state index in [1.54, 1.807) is 30.3 Å². The molecule has 144 valence electrons. The number of hydrogen-bond acceptors (Lipinski definition) is 4. The summed E-state index contributed by atoms with van der Waals surface area (Å²) in [7, 11) is 3.06. The molecule has 3 rings (SSSR count). The van der Waals surface area contributed by atoms with Gasteiger partial charge in [-0.1, -0.05) is 42.5 Å². The minimum absolute atomic E-state index is 0.227. The van der Waals surface area contributed by atoms with E-state index in [1.807, 2.05) is 36.4 Å². The van der Waals surface area contributed by atoms with Crippen LogP contribution in [0, 0.1) is 0 Å². The summed E-state index contributed by atoms with van der Waals surface area (Å²) >= 11 is 0. The summed E-state index contributed by atoms with van der Waals surface area (Å²) < 4.78 is 10.6. The van der Waals surface area contributed by atoms with Gasteiger partial charge in [0.2, 0.25) is 0 Å². The summed E-state index contributed by atoms with van der Waals surface area (Å²) in [4.78, 5) is 12.6. The monoisotopic (exact) mass is 377 g/mol. The van der Waals surface area contributed by atoms with E-state index in [4.69, 9.17) is 9.47 Å². The molecular formula is C23H23NO4. The molecule has 0 aliphatic rings. The molecule has 28 heavy (non-hydrogen) atoms. The number of methoxy groups -OCH3 is 2. The number of phenols is 1. The van der Waals surface area contributed by atoms with Gasteiger partial charge in [-0.25, -0.2) is 0 Å². The van der Waals surface area contributed by atoms with Gasteiger partial charge in [0.15, 0.2) is 0 Å². The zero-order chi connectivity index (χ0) is 19.9. The maximum absolute atomic E-state index is 12.6. The van der Waals surface area contributed by atoms with E-state index in [2.05, 4.69) is 5.32 Å². The lowest BCUT2D eigenvalue weighted by Crippen LogP contribution is -2.26. The summed E-state index contributed by atoms with van der Waals surface area (Å²) in [5, 5.41) is 12.3. The van der Waals surface area contributed by atoms with E-state index in [1.165, 1.54) is 14.2 Å². The van der Waals surface area contributed by atoms with Crippen LogP contribution in [0.4, 0.5) is 0 Å². The van der Waals surface area contributed by atoms with Crippen molar-refractivity contribution in [3.63, 3.8) is 0 Å². The topological polar surface area (TPSA) is 67.8 Å². The molecule has 0 unspecified atom stereocenters. The molecule has 0 saturated carbocycles. The first-order valence-corrected chi connectivity index (χ1v) is 9.00. The average molecular weight is 377 g/mol. The molecule has 0 saturated heterocycles. The van der Waals surface area contributed by atoms with Crippen LogP contribution >= 0.6 is 0 Å². The molecule has 5 nitrogen and oxygen atoms in total. The molecule has 0 fully saturated rings. The molecule has 0 aliphatic carbocycles. The van der Waals surface area contributed by atoms with E-state index in [9.17, 15) is 9.90 Å². The number of benzene rings is 3. The fraction of sp³-hybridized carbons (Fsp3) is 0.174. The Hall–Kier alpha value is -3.47. The number of rotatable bonds is 7. The predicted octanol–water partition coefficient (Wildman–Crippen LogP) is 4.05. The number of phenolic OH excluding ortho intramolecular Hbond substituents is 1. The molecular weight excluding hydrogens is 354 g/mol. The van der Waals surface area contributed by atoms with E-state index >= 15 is 0 Å². The number of aromatic hydroxyl groups is 1. The molecule has 0 heterocycles. The lowest BCUT2D eigenvalue weighted by molar-refractivity contribution is 0.0948. The van der Waals surface area contributed by atoms with Crippen molar-refractivity contribution < 1.29 is 19.4 Å². The van der Waals surface area contributed by atoms with Crippen molar-refractivity contribution >= 4 is 5.91 Å². The van der Waals surface area contributed by atoms with Gasteiger partial charge in [0.25, 0.3) is 5.91 Å². The Morgan fingerprint density at radius 3 is 1.93 bits per heavy atom. The number of nitrogens with one attached hydrogen (secondary N) is 1. The van der Waals surface area contributed by atoms with Crippen molar-refractivity contribution in [2.75, 3.05) is 20.8 Å². The summed E-state index contributed by atoms with van der Waals surface area (Å²) in [6.45, 7) is 0.499. The fourth-order valence-electron chi connectivity index (χ4n) is 3.00. The van der Waals surface area contributed by atoms with Crippen LogP contribution in [0.1, 0.15) is 15.9 Å². The van der Waals surface area contributed by atoms with Crippen LogP contribution in [-0.2, 0) is 6.42 Å². The minimum Gasteiger partial charge on any atom is -0.508 e. The molecule has 1 amide bonds. The molecule has 2 N–H and O–H groups in total. The predicted molar refractivity (Wildman–Crippen MR) is 109 cm³/mol. The molecule has 0 spiro atoms. The Balaban J connectivity index is 1.61. The van der Waals surface area contributed by atoms with Crippen LogP contribution in [0.3, 0.4) is 0 Å². The Morgan fingerprint density at radius 2 is 1.39 bits per heavy atom. The number of amides is 1. The molecule has 0 bridgehead atoms. The third kappa shape index (κ3) is 4.43. The molecule has 3 aromatic carbocycles. The third-order valence-corrected chi connectivity index (χ3v) is 4.51. The van der Waals surface area contributed by atoms with Crippen molar-refractivity contribution in [2.45, 2.75) is 6.42 Å². The van der Waals surface area contributed by atoms with Crippen molar-refractivity contribution in [1.82, 2.24) is 5.32 Å². The Kier molecular flexibility index (Phi) is 6.17. The molecule has 0 radical (unpaired) electrons. The van der Waals surface area contributed by atoms with Gasteiger partial charge < -0.3 is 19.9 Å². The van der Waals surface area contributed by atoms with Crippen molar-refractivity contribution in [3.05, 3.63) is 77.9 Å². The van der Waals surface area contributed by atoms with Crippen LogP contribution in [0.5, 0.6) is 17.2 Å². The summed E-state index contributed by atoms with van der Waals surface area (Å²) in [6, 6.07) is 20.5. The van der Waals surface area contributed by atoms with Gasteiger partial charge in [-0.15, -0.1) is 0 Å². The third-order valence-electron chi connectivity index (χ3n) is 4.51. The highest BCUT2D eigenvalue weighted by molar-refractivity contribution is 5.99. The smallest absolute Gasteiger partial charge is 0.258 e. The average Bonchev–Trinajstić information content (AvgIpc) is 2.74. The Bertz CT molecular complexity index is 912. The van der Waals surface area contributed by atoms with Gasteiger partial charge in [0.1, 0.15) is 22.8 Å². The number of hydrogen-bond donors (Lipinski definition) is 2. The number of carbonyl (C=O) groups is 1. The lowest BCUT2D eigenvalue weighted by Gasteiger charge is -2.13. The Labute approximate surface area is 164 Å². The summed E-state index contributed by atoms with van der Waals surface area (Å²) in [6.07, 6.45) is 0.707. The van der Waals surface area contributed by atoms with Crippen LogP contribution in [-0.4, -0.2) is 31.8 Å². The number of ether oxygens (including phenoxy) is 2. The van der Waals surface area contributed by atoms with E-state index in [0.29, 0.717) is 30.0 Å². The van der Waals surface area contributed by atoms with Crippen molar-refractivity contribution in [1.29, 1.82) is 0 Å². The highest BCUT2D eigenvalue weighted by Crippen LogP contribution is 2.28. The van der Waals surface area contributed by atoms with E-state index < -0.39 is 0 Å². The normalized spacial score (nSPS) is 10.4. The van der Waals surface area contributed by atoms with E-state index in [-0.39, 0.29) is 11.7 Å². The second kappa shape index (κ2) is 8.95. The zero-order valence-corrected chi connectivity index (χ0v) is 15.9. The van der Waals surface area contributed by atoms with Gasteiger partial charge in [-0.3, -0.25) is 4.79 Å². The highest BCUT2D eigenvalue weighted by Gasteiger charge is 2.17. The molecule has 5 heteroatoms. The molecule has 0 aliphatic heterocycles. The van der Waals surface area contributed by atoms with Crippen LogP contribution in [0.2, 0.25) is 0 Å². The second-order valence-electron chi connectivity index (χ2n) is 6.29. The van der Waals surface area contributed by atoms with Crippen LogP contribution < -0.4 is 14.8 Å². The molecule has 3 aromatic rings. The van der Waals surface area contributed by atoms with Gasteiger partial charge in [-0.2, -0.15) is 0 Å². The molecule has 0 atom stereocenters. The van der Waals surface area contributed by atoms with E-state index in [0.717, 1.165) is 16.7 Å². The van der Waals surface area contributed by atoms with Crippen molar-refractivity contribution in [2.24, 2.45) is 0 Å². The molecule has 0 aromatic heterocycles. The highest BCUT2D eigenvalue weighted by atomic mass is 16.5. The first-order valence-electron chi connectivity index (χ1n) is 9.00. The van der Waals surface area contributed by atoms with Gasteiger partial charge in [0, 0.05) is 6.54 Å². The summed E-state index contributed by atoms with van der Waals surface area (Å²) in [5.41, 5.74) is 3.64. The standard InChI is InChI=1S/C23H23NO4/c1-27-20-4-3-5-21(28-2)22(20)23(26)24-15-14-16-6-8-17(9-7-16)18-10-12-19(25)13-11-18/h3-13,25H,14-15H2,1-2H3,(H,24,26). The maximum atomic E-state index is 12.6. The minimum atomic E-state index is -0.227. The first-order chi connectivity index (χ1) is 13.6. The number of carbonyl (C=O) groups excluding carboxylic acids is 1. The fourth-order valence-corrected chi connectivity index (χ4v) is 3.00. The Morgan fingerprint density at radius 1 is 0.857 bits per heavy atom. The lowest BCUT2D eigenvalue weighted by atomic mass is 10.0. The van der Waals surface area contributed by atoms with Gasteiger partial charge in [-0.05, 0) is 47.4 Å². The largest absolute Gasteiger partial charge is 0.508 e.